The van der Waals surface area contributed by atoms with E-state index < -0.39 is 21.5 Å². The number of carbonyl (C=O) groups excluding carboxylic acids is 1. The van der Waals surface area contributed by atoms with E-state index in [9.17, 15) is 13.2 Å². The summed E-state index contributed by atoms with van der Waals surface area (Å²) in [4.78, 5) is 11.5. The molecule has 0 bridgehead atoms. The largest absolute Gasteiger partial charge is 0.444 e. The first-order valence-electron chi connectivity index (χ1n) is 6.73. The van der Waals surface area contributed by atoms with Crippen LogP contribution in [0.25, 0.3) is 0 Å². The van der Waals surface area contributed by atoms with Crippen molar-refractivity contribution in [1.29, 1.82) is 0 Å². The Morgan fingerprint density at radius 1 is 1.21 bits per heavy atom. The van der Waals surface area contributed by atoms with Gasteiger partial charge in [-0.25, -0.2) is 13.2 Å². The summed E-state index contributed by atoms with van der Waals surface area (Å²) >= 11 is 0. The van der Waals surface area contributed by atoms with E-state index in [1.54, 1.807) is 0 Å². The smallest absolute Gasteiger partial charge is 0.407 e. The van der Waals surface area contributed by atoms with E-state index in [-0.39, 0.29) is 5.25 Å². The molecule has 0 saturated heterocycles. The molecule has 0 heterocycles. The molecule has 0 unspecified atom stereocenters. The van der Waals surface area contributed by atoms with Gasteiger partial charge < -0.3 is 10.1 Å². The monoisotopic (exact) mass is 291 g/mol. The highest BCUT2D eigenvalue weighted by Gasteiger charge is 2.28. The van der Waals surface area contributed by atoms with Gasteiger partial charge in [-0.05, 0) is 52.4 Å². The van der Waals surface area contributed by atoms with Crippen molar-refractivity contribution in [3.8, 4) is 0 Å². The number of alkyl carbamates (subject to hydrolysis) is 1. The Bertz CT molecular complexity index is 403. The number of ether oxygens (including phenoxy) is 1. The van der Waals surface area contributed by atoms with Crippen molar-refractivity contribution < 1.29 is 17.9 Å². The van der Waals surface area contributed by atoms with Crippen LogP contribution in [0.15, 0.2) is 0 Å². The van der Waals surface area contributed by atoms with Crippen LogP contribution in [0.2, 0.25) is 0 Å². The van der Waals surface area contributed by atoms with Crippen LogP contribution in [-0.2, 0) is 14.6 Å². The Morgan fingerprint density at radius 3 is 2.16 bits per heavy atom. The Morgan fingerprint density at radius 2 is 1.74 bits per heavy atom. The molecule has 1 aliphatic rings. The van der Waals surface area contributed by atoms with E-state index in [0.29, 0.717) is 25.3 Å². The van der Waals surface area contributed by atoms with Crippen molar-refractivity contribution >= 4 is 15.9 Å². The average molecular weight is 291 g/mol. The second-order valence-corrected chi connectivity index (χ2v) is 8.68. The van der Waals surface area contributed by atoms with Gasteiger partial charge in [0.2, 0.25) is 0 Å². The van der Waals surface area contributed by atoms with Gasteiger partial charge in [-0.1, -0.05) is 0 Å². The van der Waals surface area contributed by atoms with Crippen LogP contribution in [0.3, 0.4) is 0 Å². The molecule has 1 aliphatic carbocycles. The summed E-state index contributed by atoms with van der Waals surface area (Å²) in [7, 11) is -2.92. The topological polar surface area (TPSA) is 72.5 Å². The predicted octanol–water partition coefficient (Wildman–Crippen LogP) is 2.11. The minimum atomic E-state index is -2.92. The molecule has 0 radical (unpaired) electrons. The number of sulfone groups is 1. The first-order chi connectivity index (χ1) is 8.58. The fourth-order valence-electron chi connectivity index (χ4n) is 2.31. The maximum absolute atomic E-state index is 11.5. The van der Waals surface area contributed by atoms with Gasteiger partial charge in [0.1, 0.15) is 15.4 Å². The van der Waals surface area contributed by atoms with Crippen molar-refractivity contribution in [2.45, 2.75) is 57.3 Å². The molecule has 0 aliphatic heterocycles. The summed E-state index contributed by atoms with van der Waals surface area (Å²) in [6, 6.07) is 0. The molecular weight excluding hydrogens is 266 g/mol. The van der Waals surface area contributed by atoms with Crippen LogP contribution in [0.1, 0.15) is 46.5 Å². The number of hydrogen-bond donors (Lipinski definition) is 1. The molecule has 0 atom stereocenters. The van der Waals surface area contributed by atoms with E-state index in [1.165, 1.54) is 6.26 Å². The zero-order valence-electron chi connectivity index (χ0n) is 12.2. The lowest BCUT2D eigenvalue weighted by Gasteiger charge is -2.28. The Hall–Kier alpha value is -0.780. The molecule has 1 rings (SSSR count). The SMILES string of the molecule is CC(C)(C)OC(=O)NC[C@H]1CC[C@H](S(C)(=O)=O)CC1. The van der Waals surface area contributed by atoms with E-state index in [4.69, 9.17) is 4.74 Å². The molecule has 1 fully saturated rings. The number of amides is 1. The highest BCUT2D eigenvalue weighted by molar-refractivity contribution is 7.91. The summed E-state index contributed by atoms with van der Waals surface area (Å²) < 4.78 is 28.0. The van der Waals surface area contributed by atoms with Crippen LogP contribution in [0.5, 0.6) is 0 Å². The highest BCUT2D eigenvalue weighted by atomic mass is 32.2. The van der Waals surface area contributed by atoms with Crippen LogP contribution < -0.4 is 5.32 Å². The quantitative estimate of drug-likeness (QED) is 0.864. The molecule has 1 saturated carbocycles. The lowest BCUT2D eigenvalue weighted by molar-refractivity contribution is 0.0515. The van der Waals surface area contributed by atoms with Gasteiger partial charge in [0.05, 0.1) is 5.25 Å². The van der Waals surface area contributed by atoms with E-state index in [0.717, 1.165) is 12.8 Å². The Labute approximate surface area is 116 Å². The molecule has 0 aromatic carbocycles. The van der Waals surface area contributed by atoms with Gasteiger partial charge >= 0.3 is 6.09 Å². The van der Waals surface area contributed by atoms with Gasteiger partial charge in [-0.3, -0.25) is 0 Å². The second kappa shape index (κ2) is 6.11. The van der Waals surface area contributed by atoms with Crippen LogP contribution >= 0.6 is 0 Å². The van der Waals surface area contributed by atoms with Crippen molar-refractivity contribution in [1.82, 2.24) is 5.32 Å². The molecule has 19 heavy (non-hydrogen) atoms. The van der Waals surface area contributed by atoms with Crippen LogP contribution in [0.4, 0.5) is 4.79 Å². The molecule has 1 N–H and O–H groups in total. The number of carbonyl (C=O) groups is 1. The molecule has 1 amide bonds. The van der Waals surface area contributed by atoms with E-state index in [1.807, 2.05) is 20.8 Å². The Balaban J connectivity index is 2.29. The van der Waals surface area contributed by atoms with Crippen LogP contribution in [-0.4, -0.2) is 38.2 Å². The third kappa shape index (κ3) is 6.27. The minimum Gasteiger partial charge on any atom is -0.444 e. The van der Waals surface area contributed by atoms with E-state index >= 15 is 0 Å². The summed E-state index contributed by atoms with van der Waals surface area (Å²) in [5.74, 6) is 0.352. The van der Waals surface area contributed by atoms with Gasteiger partial charge in [0.15, 0.2) is 0 Å². The number of nitrogens with one attached hydrogen (secondary N) is 1. The van der Waals surface area contributed by atoms with Gasteiger partial charge in [-0.15, -0.1) is 0 Å². The van der Waals surface area contributed by atoms with Gasteiger partial charge in [-0.2, -0.15) is 0 Å². The van der Waals surface area contributed by atoms with Gasteiger partial charge in [0, 0.05) is 12.8 Å². The second-order valence-electron chi connectivity index (χ2n) is 6.36. The summed E-state index contributed by atoms with van der Waals surface area (Å²) in [6.07, 6.45) is 3.97. The lowest BCUT2D eigenvalue weighted by atomic mass is 9.89. The van der Waals surface area contributed by atoms with Crippen molar-refractivity contribution in [2.24, 2.45) is 5.92 Å². The molecular formula is C13H25NO4S. The zero-order valence-corrected chi connectivity index (χ0v) is 13.0. The third-order valence-corrected chi connectivity index (χ3v) is 5.02. The fraction of sp³-hybridized carbons (Fsp3) is 0.923. The van der Waals surface area contributed by atoms with Crippen molar-refractivity contribution in [3.05, 3.63) is 0 Å². The third-order valence-electron chi connectivity index (χ3n) is 3.33. The molecule has 6 heteroatoms. The van der Waals surface area contributed by atoms with E-state index in [2.05, 4.69) is 5.32 Å². The normalized spacial score (nSPS) is 24.8. The molecule has 0 spiro atoms. The number of hydrogen-bond acceptors (Lipinski definition) is 4. The summed E-state index contributed by atoms with van der Waals surface area (Å²) in [5, 5.41) is 2.55. The predicted molar refractivity (Wildman–Crippen MR) is 74.8 cm³/mol. The first kappa shape index (κ1) is 16.3. The van der Waals surface area contributed by atoms with Crippen LogP contribution in [0, 0.1) is 5.92 Å². The zero-order chi connectivity index (χ0) is 14.7. The maximum Gasteiger partial charge on any atom is 0.407 e. The highest BCUT2D eigenvalue weighted by Crippen LogP contribution is 2.27. The summed E-state index contributed by atoms with van der Waals surface area (Å²) in [6.45, 7) is 6.03. The first-order valence-corrected chi connectivity index (χ1v) is 8.69. The molecule has 112 valence electrons. The molecule has 0 aromatic rings. The fourth-order valence-corrected chi connectivity index (χ4v) is 3.43. The Kier molecular flexibility index (Phi) is 5.24. The maximum atomic E-state index is 11.5. The molecule has 5 nitrogen and oxygen atoms in total. The van der Waals surface area contributed by atoms with Crippen molar-refractivity contribution in [3.63, 3.8) is 0 Å². The molecule has 0 aromatic heterocycles. The summed E-state index contributed by atoms with van der Waals surface area (Å²) in [5.41, 5.74) is -0.488. The number of rotatable bonds is 3. The standard InChI is InChI=1S/C13H25NO4S/c1-13(2,3)18-12(15)14-9-10-5-7-11(8-6-10)19(4,16)17/h10-11H,5-9H2,1-4H3,(H,14,15)/t10-,11-. The average Bonchev–Trinajstić information content (AvgIpc) is 2.23. The van der Waals surface area contributed by atoms with Crippen molar-refractivity contribution in [2.75, 3.05) is 12.8 Å². The minimum absolute atomic E-state index is 0.203. The van der Waals surface area contributed by atoms with Gasteiger partial charge in [0.25, 0.3) is 0 Å². The lowest BCUT2D eigenvalue weighted by Crippen LogP contribution is -2.37.